The summed E-state index contributed by atoms with van der Waals surface area (Å²) in [6.45, 7) is 0. The molecule has 0 radical (unpaired) electrons. The van der Waals surface area contributed by atoms with Crippen molar-refractivity contribution in [2.24, 2.45) is 0 Å². The van der Waals surface area contributed by atoms with Gasteiger partial charge in [-0.2, -0.15) is 0 Å². The average molecular weight is 227 g/mol. The molecule has 0 fully saturated rings. The molecule has 1 rings (SSSR count). The molecule has 0 aliphatic rings. The molecule has 5 heteroatoms. The minimum absolute atomic E-state index is 0.0593. The van der Waals surface area contributed by atoms with E-state index in [1.54, 1.807) is 13.1 Å². The van der Waals surface area contributed by atoms with Crippen LogP contribution in [0.3, 0.4) is 0 Å². The van der Waals surface area contributed by atoms with E-state index in [4.69, 9.17) is 0 Å². The highest BCUT2D eigenvalue weighted by Gasteiger charge is 2.22. The molecule has 1 unspecified atom stereocenters. The van der Waals surface area contributed by atoms with E-state index in [0.717, 1.165) is 0 Å². The second kappa shape index (κ2) is 5.63. The summed E-state index contributed by atoms with van der Waals surface area (Å²) in [7, 11) is 2.96. The molecule has 4 nitrogen and oxygen atoms in total. The Labute approximate surface area is 92.2 Å². The molecule has 15 heavy (non-hydrogen) atoms. The number of nitrogens with one attached hydrogen (secondary N) is 1. The first-order valence-corrected chi connectivity index (χ1v) is 5.38. The number of esters is 1. The van der Waals surface area contributed by atoms with Crippen molar-refractivity contribution in [1.29, 1.82) is 0 Å². The Kier molecular flexibility index (Phi) is 4.45. The molecule has 1 heterocycles. The Balaban J connectivity index is 2.67. The predicted molar refractivity (Wildman–Crippen MR) is 58.1 cm³/mol. The van der Waals surface area contributed by atoms with Gasteiger partial charge in [-0.25, -0.2) is 0 Å². The highest BCUT2D eigenvalue weighted by atomic mass is 32.1. The zero-order valence-corrected chi connectivity index (χ0v) is 9.47. The molecule has 0 aliphatic carbocycles. The van der Waals surface area contributed by atoms with Crippen molar-refractivity contribution in [1.82, 2.24) is 5.32 Å². The second-order valence-corrected chi connectivity index (χ2v) is 3.91. The Bertz CT molecular complexity index is 334. The molecule has 0 aliphatic heterocycles. The van der Waals surface area contributed by atoms with Crippen LogP contribution in [-0.4, -0.2) is 32.0 Å². The maximum absolute atomic E-state index is 11.8. The summed E-state index contributed by atoms with van der Waals surface area (Å²) in [4.78, 5) is 23.5. The van der Waals surface area contributed by atoms with Gasteiger partial charge < -0.3 is 10.1 Å². The van der Waals surface area contributed by atoms with Crippen LogP contribution in [0.5, 0.6) is 0 Å². The molecular weight excluding hydrogens is 214 g/mol. The van der Waals surface area contributed by atoms with Crippen LogP contribution < -0.4 is 5.32 Å². The van der Waals surface area contributed by atoms with Gasteiger partial charge in [-0.05, 0) is 18.5 Å². The smallest absolute Gasteiger partial charge is 0.307 e. The lowest BCUT2D eigenvalue weighted by molar-refractivity contribution is -0.140. The third kappa shape index (κ3) is 3.14. The van der Waals surface area contributed by atoms with Crippen molar-refractivity contribution in [3.05, 3.63) is 22.4 Å². The molecule has 0 aromatic carbocycles. The number of hydrogen-bond acceptors (Lipinski definition) is 5. The van der Waals surface area contributed by atoms with Crippen molar-refractivity contribution < 1.29 is 14.3 Å². The minimum atomic E-state index is -0.504. The summed E-state index contributed by atoms with van der Waals surface area (Å²) in [6, 6.07) is 3.05. The molecule has 1 aromatic heterocycles. The van der Waals surface area contributed by atoms with E-state index in [1.807, 2.05) is 11.4 Å². The van der Waals surface area contributed by atoms with E-state index < -0.39 is 6.04 Å². The third-order valence-electron chi connectivity index (χ3n) is 2.03. The maximum atomic E-state index is 11.8. The molecular formula is C10H13NO3S. The first kappa shape index (κ1) is 11.9. The molecule has 0 amide bonds. The monoisotopic (exact) mass is 227 g/mol. The number of ketones is 1. The van der Waals surface area contributed by atoms with E-state index in [2.05, 4.69) is 10.1 Å². The SMILES string of the molecule is CNC(CC(=O)OC)C(=O)c1cccs1. The van der Waals surface area contributed by atoms with Crippen LogP contribution in [0.4, 0.5) is 0 Å². The van der Waals surface area contributed by atoms with Crippen molar-refractivity contribution in [2.45, 2.75) is 12.5 Å². The van der Waals surface area contributed by atoms with Crippen LogP contribution >= 0.6 is 11.3 Å². The fourth-order valence-electron chi connectivity index (χ4n) is 1.17. The van der Waals surface area contributed by atoms with E-state index >= 15 is 0 Å². The number of ether oxygens (including phenoxy) is 1. The van der Waals surface area contributed by atoms with Gasteiger partial charge in [-0.1, -0.05) is 6.07 Å². The van der Waals surface area contributed by atoms with Crippen LogP contribution in [0.25, 0.3) is 0 Å². The van der Waals surface area contributed by atoms with Crippen LogP contribution in [-0.2, 0) is 9.53 Å². The van der Waals surface area contributed by atoms with Crippen LogP contribution in [0, 0.1) is 0 Å². The number of likely N-dealkylation sites (N-methyl/N-ethyl adjacent to an activating group) is 1. The number of carbonyl (C=O) groups is 2. The van der Waals surface area contributed by atoms with E-state index in [1.165, 1.54) is 18.4 Å². The lowest BCUT2D eigenvalue weighted by Gasteiger charge is -2.12. The van der Waals surface area contributed by atoms with Crippen molar-refractivity contribution >= 4 is 23.1 Å². The lowest BCUT2D eigenvalue weighted by Crippen LogP contribution is -2.36. The number of carbonyl (C=O) groups excluding carboxylic acids is 2. The van der Waals surface area contributed by atoms with E-state index in [9.17, 15) is 9.59 Å². The van der Waals surface area contributed by atoms with Gasteiger partial charge in [-0.3, -0.25) is 9.59 Å². The van der Waals surface area contributed by atoms with Gasteiger partial charge in [0.25, 0.3) is 0 Å². The largest absolute Gasteiger partial charge is 0.469 e. The topological polar surface area (TPSA) is 55.4 Å². The highest BCUT2D eigenvalue weighted by molar-refractivity contribution is 7.12. The molecule has 0 bridgehead atoms. The number of methoxy groups -OCH3 is 1. The zero-order chi connectivity index (χ0) is 11.3. The van der Waals surface area contributed by atoms with Crippen LogP contribution in [0.1, 0.15) is 16.1 Å². The fourth-order valence-corrected chi connectivity index (χ4v) is 1.89. The molecule has 0 spiro atoms. The third-order valence-corrected chi connectivity index (χ3v) is 2.91. The molecule has 1 N–H and O–H groups in total. The molecule has 82 valence electrons. The van der Waals surface area contributed by atoms with Crippen molar-refractivity contribution in [3.63, 3.8) is 0 Å². The summed E-state index contributed by atoms with van der Waals surface area (Å²) >= 11 is 1.37. The van der Waals surface area contributed by atoms with E-state index in [0.29, 0.717) is 4.88 Å². The first-order valence-electron chi connectivity index (χ1n) is 4.50. The normalized spacial score (nSPS) is 12.1. The summed E-state index contributed by atoms with van der Waals surface area (Å²) in [5, 5.41) is 4.64. The minimum Gasteiger partial charge on any atom is -0.469 e. The van der Waals surface area contributed by atoms with Crippen molar-refractivity contribution in [3.8, 4) is 0 Å². The summed E-state index contributed by atoms with van der Waals surface area (Å²) in [5.74, 6) is -0.461. The molecule has 0 saturated heterocycles. The predicted octanol–water partition coefficient (Wildman–Crippen LogP) is 1.08. The Hall–Kier alpha value is -1.20. The summed E-state index contributed by atoms with van der Waals surface area (Å²) in [5.41, 5.74) is 0. The summed E-state index contributed by atoms with van der Waals surface area (Å²) < 4.78 is 4.52. The first-order chi connectivity index (χ1) is 7.19. The van der Waals surface area contributed by atoms with Gasteiger partial charge in [0.2, 0.25) is 0 Å². The maximum Gasteiger partial charge on any atom is 0.307 e. The van der Waals surface area contributed by atoms with Crippen LogP contribution in [0.15, 0.2) is 17.5 Å². The summed E-state index contributed by atoms with van der Waals surface area (Å²) in [6.07, 6.45) is 0.0593. The Morgan fingerprint density at radius 3 is 2.80 bits per heavy atom. The van der Waals surface area contributed by atoms with Gasteiger partial charge >= 0.3 is 5.97 Å². The van der Waals surface area contributed by atoms with Gasteiger partial charge in [0.05, 0.1) is 24.4 Å². The number of thiophene rings is 1. The molecule has 1 atom stereocenters. The Morgan fingerprint density at radius 2 is 2.33 bits per heavy atom. The van der Waals surface area contributed by atoms with Gasteiger partial charge in [0.1, 0.15) is 0 Å². The lowest BCUT2D eigenvalue weighted by atomic mass is 10.1. The zero-order valence-electron chi connectivity index (χ0n) is 8.65. The van der Waals surface area contributed by atoms with Crippen LogP contribution in [0.2, 0.25) is 0 Å². The van der Waals surface area contributed by atoms with Crippen molar-refractivity contribution in [2.75, 3.05) is 14.2 Å². The number of Topliss-reactive ketones (excluding diaryl/α,β-unsaturated/α-hetero) is 1. The fraction of sp³-hybridized carbons (Fsp3) is 0.400. The van der Waals surface area contributed by atoms with Gasteiger partial charge in [0.15, 0.2) is 5.78 Å². The molecule has 1 aromatic rings. The second-order valence-electron chi connectivity index (χ2n) is 2.96. The average Bonchev–Trinajstić information content (AvgIpc) is 2.77. The van der Waals surface area contributed by atoms with E-state index in [-0.39, 0.29) is 18.2 Å². The molecule has 0 saturated carbocycles. The van der Waals surface area contributed by atoms with Gasteiger partial charge in [-0.15, -0.1) is 11.3 Å². The quantitative estimate of drug-likeness (QED) is 0.604. The highest BCUT2D eigenvalue weighted by Crippen LogP contribution is 2.13. The Morgan fingerprint density at radius 1 is 1.60 bits per heavy atom. The number of rotatable bonds is 5. The van der Waals surface area contributed by atoms with Gasteiger partial charge in [0, 0.05) is 0 Å². The number of hydrogen-bond donors (Lipinski definition) is 1. The standard InChI is InChI=1S/C10H13NO3S/c1-11-7(6-9(12)14-2)10(13)8-4-3-5-15-8/h3-5,7,11H,6H2,1-2H3.